The highest BCUT2D eigenvalue weighted by Crippen LogP contribution is 2.46. The van der Waals surface area contributed by atoms with Gasteiger partial charge < -0.3 is 9.47 Å². The summed E-state index contributed by atoms with van der Waals surface area (Å²) in [6.07, 6.45) is 6.14. The average Bonchev–Trinajstić information content (AvgIpc) is 2.84. The van der Waals surface area contributed by atoms with Crippen LogP contribution in [-0.2, 0) is 9.47 Å². The molecule has 0 amide bonds. The van der Waals surface area contributed by atoms with Gasteiger partial charge in [-0.3, -0.25) is 0 Å². The Labute approximate surface area is 105 Å². The summed E-state index contributed by atoms with van der Waals surface area (Å²) < 4.78 is 12.4. The van der Waals surface area contributed by atoms with Gasteiger partial charge in [-0.15, -0.1) is 0 Å². The monoisotopic (exact) mass is 238 g/mol. The highest BCUT2D eigenvalue weighted by molar-refractivity contribution is 5.25. The van der Waals surface area contributed by atoms with Crippen LogP contribution in [0.15, 0.2) is 11.6 Å². The van der Waals surface area contributed by atoms with Crippen LogP contribution in [0.3, 0.4) is 0 Å². The van der Waals surface area contributed by atoms with E-state index in [0.717, 1.165) is 0 Å². The van der Waals surface area contributed by atoms with Gasteiger partial charge in [0.05, 0.1) is 6.10 Å². The largest absolute Gasteiger partial charge is 0.346 e. The van der Waals surface area contributed by atoms with E-state index >= 15 is 0 Å². The van der Waals surface area contributed by atoms with Crippen LogP contribution in [0.1, 0.15) is 53.9 Å². The van der Waals surface area contributed by atoms with Crippen molar-refractivity contribution in [1.82, 2.24) is 0 Å². The molecule has 1 saturated heterocycles. The summed E-state index contributed by atoms with van der Waals surface area (Å²) in [5.74, 6) is 0.880. The number of rotatable bonds is 3. The molecule has 2 heteroatoms. The van der Waals surface area contributed by atoms with Gasteiger partial charge >= 0.3 is 0 Å². The van der Waals surface area contributed by atoms with Gasteiger partial charge in [0.25, 0.3) is 0 Å². The fraction of sp³-hybridized carbons (Fsp3) is 0.867. The lowest BCUT2D eigenvalue weighted by Gasteiger charge is -2.37. The molecule has 0 aromatic heterocycles. The highest BCUT2D eigenvalue weighted by atomic mass is 16.7. The van der Waals surface area contributed by atoms with Crippen LogP contribution < -0.4 is 0 Å². The van der Waals surface area contributed by atoms with E-state index in [1.165, 1.54) is 24.8 Å². The van der Waals surface area contributed by atoms with Crippen LogP contribution in [0.25, 0.3) is 0 Å². The molecule has 2 aliphatic rings. The fourth-order valence-electron chi connectivity index (χ4n) is 3.25. The number of hydrogen-bond donors (Lipinski definition) is 0. The van der Waals surface area contributed by atoms with Gasteiger partial charge in [-0.05, 0) is 37.7 Å². The van der Waals surface area contributed by atoms with Crippen molar-refractivity contribution in [3.05, 3.63) is 11.6 Å². The van der Waals surface area contributed by atoms with E-state index in [-0.39, 0.29) is 18.0 Å². The van der Waals surface area contributed by atoms with E-state index in [0.29, 0.717) is 11.8 Å². The molecule has 0 radical (unpaired) electrons. The quantitative estimate of drug-likeness (QED) is 0.694. The second kappa shape index (κ2) is 4.74. The van der Waals surface area contributed by atoms with Crippen molar-refractivity contribution in [3.8, 4) is 0 Å². The molecule has 1 heterocycles. The molecule has 17 heavy (non-hydrogen) atoms. The summed E-state index contributed by atoms with van der Waals surface area (Å²) in [7, 11) is 0. The summed E-state index contributed by atoms with van der Waals surface area (Å²) in [5.41, 5.74) is 1.30. The van der Waals surface area contributed by atoms with Crippen LogP contribution >= 0.6 is 0 Å². The van der Waals surface area contributed by atoms with E-state index in [1.807, 2.05) is 0 Å². The lowest BCUT2D eigenvalue weighted by molar-refractivity contribution is -0.116. The summed E-state index contributed by atoms with van der Waals surface area (Å²) in [6, 6.07) is 0. The normalized spacial score (nSPS) is 38.2. The van der Waals surface area contributed by atoms with Crippen molar-refractivity contribution >= 4 is 0 Å². The maximum absolute atomic E-state index is 6.38. The Balaban J connectivity index is 2.29. The van der Waals surface area contributed by atoms with Gasteiger partial charge in [0.2, 0.25) is 0 Å². The van der Waals surface area contributed by atoms with Crippen LogP contribution in [-0.4, -0.2) is 18.0 Å². The molecule has 3 atom stereocenters. The Hall–Kier alpha value is -0.340. The molecule has 0 saturated carbocycles. The van der Waals surface area contributed by atoms with E-state index < -0.39 is 0 Å². The molecule has 1 fully saturated rings. The lowest BCUT2D eigenvalue weighted by atomic mass is 9.78. The Morgan fingerprint density at radius 1 is 1.29 bits per heavy atom. The molecule has 1 aliphatic carbocycles. The molecule has 2 rings (SSSR count). The molecule has 0 aromatic rings. The van der Waals surface area contributed by atoms with Crippen molar-refractivity contribution in [3.63, 3.8) is 0 Å². The minimum atomic E-state index is -0.175. The minimum Gasteiger partial charge on any atom is -0.346 e. The molecule has 0 N–H and O–H groups in total. The molecule has 0 unspecified atom stereocenters. The standard InChI is InChI=1S/C15H26O2/c1-10(2)14-16-12(5)15(17-14,11(3)4)13-8-6-7-9-13/h8,10-12,14H,6-7,9H2,1-5H3/t12-,14-,15+/m0/s1. The zero-order chi connectivity index (χ0) is 12.6. The molecule has 0 spiro atoms. The number of ether oxygens (including phenoxy) is 2. The first-order valence-corrected chi connectivity index (χ1v) is 7.01. The van der Waals surface area contributed by atoms with Gasteiger partial charge in [0.1, 0.15) is 5.60 Å². The molecule has 98 valence electrons. The van der Waals surface area contributed by atoms with Crippen LogP contribution in [0, 0.1) is 11.8 Å². The third-order valence-electron chi connectivity index (χ3n) is 4.20. The summed E-state index contributed by atoms with van der Waals surface area (Å²) in [5, 5.41) is 0. The van der Waals surface area contributed by atoms with Crippen molar-refractivity contribution in [1.29, 1.82) is 0 Å². The molecule has 1 aliphatic heterocycles. The Kier molecular flexibility index (Phi) is 3.65. The van der Waals surface area contributed by atoms with Crippen LogP contribution in [0.5, 0.6) is 0 Å². The third kappa shape index (κ3) is 2.06. The van der Waals surface area contributed by atoms with Crippen LogP contribution in [0.2, 0.25) is 0 Å². The third-order valence-corrected chi connectivity index (χ3v) is 4.20. The topological polar surface area (TPSA) is 18.5 Å². The van der Waals surface area contributed by atoms with Gasteiger partial charge in [0.15, 0.2) is 6.29 Å². The van der Waals surface area contributed by atoms with E-state index in [4.69, 9.17) is 9.47 Å². The molecular weight excluding hydrogens is 212 g/mol. The van der Waals surface area contributed by atoms with E-state index in [9.17, 15) is 0 Å². The smallest absolute Gasteiger partial charge is 0.161 e. The number of allylic oxidation sites excluding steroid dienone is 1. The Bertz CT molecular complexity index is 306. The zero-order valence-corrected chi connectivity index (χ0v) is 11.8. The Morgan fingerprint density at radius 2 is 2.00 bits per heavy atom. The van der Waals surface area contributed by atoms with E-state index in [2.05, 4.69) is 40.7 Å². The summed E-state index contributed by atoms with van der Waals surface area (Å²) >= 11 is 0. The van der Waals surface area contributed by atoms with Gasteiger partial charge in [-0.1, -0.05) is 33.8 Å². The second-order valence-electron chi connectivity index (χ2n) is 6.08. The van der Waals surface area contributed by atoms with Crippen LogP contribution in [0.4, 0.5) is 0 Å². The Morgan fingerprint density at radius 3 is 2.41 bits per heavy atom. The lowest BCUT2D eigenvalue weighted by Crippen LogP contribution is -2.45. The first-order chi connectivity index (χ1) is 7.98. The zero-order valence-electron chi connectivity index (χ0n) is 11.8. The predicted molar refractivity (Wildman–Crippen MR) is 69.8 cm³/mol. The first kappa shape index (κ1) is 13.1. The molecule has 0 bridgehead atoms. The fourth-order valence-corrected chi connectivity index (χ4v) is 3.25. The van der Waals surface area contributed by atoms with Crippen molar-refractivity contribution in [2.45, 2.75) is 71.9 Å². The summed E-state index contributed by atoms with van der Waals surface area (Å²) in [4.78, 5) is 0. The van der Waals surface area contributed by atoms with Crippen molar-refractivity contribution in [2.75, 3.05) is 0 Å². The van der Waals surface area contributed by atoms with Crippen molar-refractivity contribution < 1.29 is 9.47 Å². The molecule has 2 nitrogen and oxygen atoms in total. The van der Waals surface area contributed by atoms with Gasteiger partial charge in [-0.2, -0.15) is 0 Å². The van der Waals surface area contributed by atoms with Crippen molar-refractivity contribution in [2.24, 2.45) is 11.8 Å². The first-order valence-electron chi connectivity index (χ1n) is 7.01. The second-order valence-corrected chi connectivity index (χ2v) is 6.08. The van der Waals surface area contributed by atoms with E-state index in [1.54, 1.807) is 0 Å². The van der Waals surface area contributed by atoms with Gasteiger partial charge in [-0.25, -0.2) is 0 Å². The summed E-state index contributed by atoms with van der Waals surface area (Å²) in [6.45, 7) is 11.0. The molecular formula is C15H26O2. The maximum Gasteiger partial charge on any atom is 0.161 e. The van der Waals surface area contributed by atoms with Gasteiger partial charge in [0, 0.05) is 5.92 Å². The maximum atomic E-state index is 6.38. The predicted octanol–water partition coefficient (Wildman–Crippen LogP) is 3.91. The average molecular weight is 238 g/mol. The minimum absolute atomic E-state index is 0.0473. The molecule has 0 aromatic carbocycles. The highest BCUT2D eigenvalue weighted by Gasteiger charge is 2.52. The SMILES string of the molecule is CC(C)[C@H]1O[C@@H](C)[C@@](C2=CCCC2)(C(C)C)O1. The number of hydrogen-bond acceptors (Lipinski definition) is 2.